The van der Waals surface area contributed by atoms with Gasteiger partial charge in [-0.25, -0.2) is 60.0 Å². The van der Waals surface area contributed by atoms with E-state index in [4.69, 9.17) is 12.3 Å². The Morgan fingerprint density at radius 1 is 0.309 bits per heavy atom. The summed E-state index contributed by atoms with van der Waals surface area (Å²) < 4.78 is 188. The zero-order valence-corrected chi connectivity index (χ0v) is 80.8. The quantitative estimate of drug-likeness (QED) is 0.0167. The van der Waals surface area contributed by atoms with Gasteiger partial charge in [-0.2, -0.15) is 125 Å². The van der Waals surface area contributed by atoms with Gasteiger partial charge in [0, 0.05) is 168 Å². The van der Waals surface area contributed by atoms with Crippen LogP contribution in [0.1, 0.15) is 206 Å². The highest BCUT2D eigenvalue weighted by Gasteiger charge is 2.39. The molecule has 2 saturated carbocycles. The van der Waals surface area contributed by atoms with Crippen LogP contribution < -0.4 is 53.2 Å². The molecule has 0 spiro atoms. The van der Waals surface area contributed by atoms with Crippen molar-refractivity contribution < 1.29 is 47.5 Å². The number of halogens is 9. The zero-order valence-electron chi connectivity index (χ0n) is 88.2. The van der Waals surface area contributed by atoms with Crippen LogP contribution in [0.5, 0.6) is 0 Å². The Balaban J connectivity index is 0.000000155. The van der Waals surface area contributed by atoms with E-state index in [1.807, 2.05) is 67.5 Å². The van der Waals surface area contributed by atoms with Crippen LogP contribution in [0.4, 0.5) is 123 Å². The minimum absolute atomic E-state index is 0.0127. The van der Waals surface area contributed by atoms with Crippen LogP contribution in [0, 0.1) is 0 Å². The third-order valence-electron chi connectivity index (χ3n) is 21.5. The first-order valence-corrected chi connectivity index (χ1v) is 44.3. The normalized spacial score (nSPS) is 14.4. The molecule has 17 rings (SSSR count). The second kappa shape index (κ2) is 40.8. The Labute approximate surface area is 814 Å². The second-order valence-electron chi connectivity index (χ2n) is 34.8. The van der Waals surface area contributed by atoms with Gasteiger partial charge < -0.3 is 53.2 Å². The van der Waals surface area contributed by atoms with E-state index in [0.29, 0.717) is 58.6 Å². The van der Waals surface area contributed by atoms with E-state index < -0.39 is 72.3 Å². The molecule has 139 heavy (non-hydrogen) atoms. The third kappa shape index (κ3) is 24.4. The summed E-state index contributed by atoms with van der Waals surface area (Å²) in [7, 11) is 3.54. The van der Waals surface area contributed by atoms with Crippen molar-refractivity contribution in [3.63, 3.8) is 0 Å². The van der Waals surface area contributed by atoms with E-state index in [9.17, 15) is 35.1 Å². The predicted molar refractivity (Wildman–Crippen MR) is 507 cm³/mol. The zero-order chi connectivity index (χ0) is 108. The van der Waals surface area contributed by atoms with Crippen LogP contribution >= 0.6 is 15.9 Å². The van der Waals surface area contributed by atoms with Gasteiger partial charge in [-0.3, -0.25) is 23.4 Å². The second-order valence-corrected chi connectivity index (χ2v) is 35.6. The molecule has 0 aliphatic heterocycles. The lowest BCUT2D eigenvalue weighted by atomic mass is 10.0. The maximum atomic E-state index is 14.0. The molecular formula is C85H112BrF8N45. The first-order valence-electron chi connectivity index (χ1n) is 48.0. The smallest absolute Gasteiger partial charge is 0.275 e. The molecule has 45 nitrogen and oxygen atoms in total. The van der Waals surface area contributed by atoms with Gasteiger partial charge in [0.05, 0.1) is 117 Å². The summed E-state index contributed by atoms with van der Waals surface area (Å²) >= 11 is 3.38. The number of hydrogen-bond acceptors (Lipinski definition) is 35. The number of nitrogens with zero attached hydrogens (tertiary/aromatic N) is 35. The fourth-order valence-electron chi connectivity index (χ4n) is 13.1. The molecule has 0 aromatic carbocycles. The van der Waals surface area contributed by atoms with Crippen LogP contribution in [-0.4, -0.2) is 205 Å². The molecule has 2 fully saturated rings. The van der Waals surface area contributed by atoms with Gasteiger partial charge in [0.2, 0.25) is 29.7 Å². The maximum Gasteiger partial charge on any atom is 0.275 e. The Hall–Kier alpha value is -14.9. The highest BCUT2D eigenvalue weighted by Crippen LogP contribution is 2.41. The molecule has 740 valence electrons. The van der Waals surface area contributed by atoms with Crippen LogP contribution in [0.25, 0.3) is 0 Å². The number of alkyl halides is 8. The number of anilines is 15. The predicted octanol–water partition coefficient (Wildman–Crippen LogP) is 14.3. The van der Waals surface area contributed by atoms with Gasteiger partial charge in [0.1, 0.15) is 85.9 Å². The van der Waals surface area contributed by atoms with Crippen molar-refractivity contribution in [2.75, 3.05) is 72.8 Å². The first kappa shape index (κ1) is 89.3. The topological polar surface area (TPSA) is 492 Å². The van der Waals surface area contributed by atoms with Crippen molar-refractivity contribution in [1.29, 1.82) is 0 Å². The summed E-state index contributed by atoms with van der Waals surface area (Å²) in [5.74, 6) is -9.40. The number of aryl methyl sites for hydroxylation is 5. The fraction of sp³-hybridized carbons (Fsp3) is 0.471. The molecule has 0 amide bonds. The molecule has 0 saturated heterocycles. The maximum absolute atomic E-state index is 14.0. The van der Waals surface area contributed by atoms with Gasteiger partial charge in [-0.15, -0.1) is 0 Å². The van der Waals surface area contributed by atoms with Gasteiger partial charge in [0.25, 0.3) is 23.7 Å². The fourth-order valence-corrected chi connectivity index (χ4v) is 13.5. The van der Waals surface area contributed by atoms with E-state index in [0.717, 1.165) is 104 Å². The van der Waals surface area contributed by atoms with Crippen LogP contribution in [0.2, 0.25) is 0 Å². The lowest BCUT2D eigenvalue weighted by Gasteiger charge is -2.20. The van der Waals surface area contributed by atoms with Crippen LogP contribution in [0.3, 0.4) is 0 Å². The molecular weight excluding hydrogens is 1880 g/mol. The summed E-state index contributed by atoms with van der Waals surface area (Å²) in [5, 5.41) is 92.7. The number of hydrogen-bond donors (Lipinski definition) is 10. The van der Waals surface area contributed by atoms with E-state index >= 15 is 0 Å². The molecule has 0 radical (unpaired) electrons. The van der Waals surface area contributed by atoms with Crippen molar-refractivity contribution in [2.24, 2.45) is 35.0 Å². The van der Waals surface area contributed by atoms with Crippen molar-refractivity contribution in [1.82, 2.24) is 174 Å². The Morgan fingerprint density at radius 3 is 0.734 bits per heavy atom. The Morgan fingerprint density at radius 2 is 0.511 bits per heavy atom. The van der Waals surface area contributed by atoms with Crippen molar-refractivity contribution in [3.05, 3.63) is 178 Å². The molecule has 0 unspecified atom stereocenters. The highest BCUT2D eigenvalue weighted by atomic mass is 79.9. The van der Waals surface area contributed by atoms with Gasteiger partial charge in [-0.05, 0) is 132 Å². The number of aromatic nitrogens is 35. The number of nitrogens with one attached hydrogen (secondary N) is 10. The third-order valence-corrected chi connectivity index (χ3v) is 22.1. The molecule has 0 bridgehead atoms. The van der Waals surface area contributed by atoms with Gasteiger partial charge in [-0.1, -0.05) is 0 Å². The summed E-state index contributed by atoms with van der Waals surface area (Å²) in [6.45, 7) is 21.1. The largest absolute Gasteiger partial charge is 0.370 e. The summed E-state index contributed by atoms with van der Waals surface area (Å²) in [6.07, 6.45) is 25.1. The van der Waals surface area contributed by atoms with E-state index in [-0.39, 0.29) is 105 Å². The van der Waals surface area contributed by atoms with Crippen molar-refractivity contribution in [3.8, 4) is 0 Å². The highest BCUT2D eigenvalue weighted by molar-refractivity contribution is 9.10. The minimum Gasteiger partial charge on any atom is -0.370 e. The monoisotopic (exact) mass is 2000 g/mol. The minimum atomic E-state index is -3.15. The van der Waals surface area contributed by atoms with Crippen molar-refractivity contribution >= 4 is 104 Å². The number of rotatable bonds is 34. The molecule has 2 aliphatic rings. The molecule has 15 heterocycles. The molecule has 54 heteroatoms. The standard InChI is InChI=1S/2C18H23F2N9.2C17H23F2N9.C15H20BrN9/c2*1-17(2,29-22-7-8-23-29)13-9-14(28(4)27-13)25-16-21-10-12(18(3,19)20)15(26-16)24-11-5-6-11;2*1-6-20-14-11(17(4,18)19)10-21-15(25-14)24-13-9-12(26-27(13)5)16(2,3)28-22-7-8-23-28;1-5-17-13-10(16)9-18-14(22-13)21-12-8-11(23-24(12)4)15(2,3)25-19-6-7-20-25/h2*7-11H,5-6H2,1-4H3,(H2,21,24,25,26);2*7-10H,6H2,1-5H3,(H2,20,21,24,25);6-9H,5H2,1-4H3,(H2,17,18,21,22)/i4D3;;5D3;;4D3. The molecule has 0 atom stereocenters. The summed E-state index contributed by atoms with van der Waals surface area (Å²) in [5.41, 5.74) is -2.12. The average molecular weight is 2010 g/mol. The van der Waals surface area contributed by atoms with Crippen LogP contribution in [-0.2, 0) is 86.4 Å². The molecule has 2 aliphatic carbocycles. The van der Waals surface area contributed by atoms with E-state index in [1.165, 1.54) is 51.3 Å². The average Bonchev–Trinajstić information content (AvgIpc) is 1.63. The molecule has 10 N–H and O–H groups in total. The Kier molecular flexibility index (Phi) is 26.2. The summed E-state index contributed by atoms with van der Waals surface area (Å²) in [6, 6.07) is 8.59. The van der Waals surface area contributed by atoms with E-state index in [2.05, 4.69) is 195 Å². The van der Waals surface area contributed by atoms with E-state index in [1.54, 1.807) is 117 Å². The Bertz CT molecular complexity index is 6950. The molecule has 15 aromatic rings. The van der Waals surface area contributed by atoms with Crippen molar-refractivity contribution in [2.45, 2.75) is 207 Å². The first-order chi connectivity index (χ1) is 69.1. The van der Waals surface area contributed by atoms with Crippen LogP contribution in [0.15, 0.2) is 128 Å². The lowest BCUT2D eigenvalue weighted by Crippen LogP contribution is -2.30. The SMILES string of the molecule is CCNc1nc(Nc2cc(C(C)(C)n3nccn3)nn2C)ncc1C(C)(F)F.Cn1nc(C(C)(C)n2nccn2)cc1Nc1ncc(C(C)(F)F)c(NC2CC2)n1.[2H]C([2H])([2H])n1nc(C(C)(C)n2nccn2)cc1Nc1ncc(Br)c(NCC)n1.[2H]C([2H])([2H])n1nc(C(C)(C)n2nccn2)cc1Nc1ncc(C(C)(F)F)c(NC2CC2)n1.[2H]C([2H])([2H])n1nc(C(C)(C)n2nccn2)cc1Nc1ncc(C(C)(F)F)c(NCC)n1. The van der Waals surface area contributed by atoms with Gasteiger partial charge >= 0.3 is 0 Å². The lowest BCUT2D eigenvalue weighted by molar-refractivity contribution is 0.0168. The van der Waals surface area contributed by atoms with Gasteiger partial charge in [0.15, 0.2) is 0 Å². The molecule has 15 aromatic heterocycles. The summed E-state index contributed by atoms with van der Waals surface area (Å²) in [4.78, 5) is 48.8.